The third-order valence-corrected chi connectivity index (χ3v) is 5.61. The minimum absolute atomic E-state index is 0.0348. The van der Waals surface area contributed by atoms with Crippen molar-refractivity contribution in [1.29, 1.82) is 0 Å². The zero-order chi connectivity index (χ0) is 24.0. The molecule has 0 spiro atoms. The highest BCUT2D eigenvalue weighted by Gasteiger charge is 2.36. The van der Waals surface area contributed by atoms with Gasteiger partial charge in [0.2, 0.25) is 5.91 Å². The van der Waals surface area contributed by atoms with E-state index in [4.69, 9.17) is 4.74 Å². The zero-order valence-corrected chi connectivity index (χ0v) is 18.4. The van der Waals surface area contributed by atoms with Gasteiger partial charge in [0.15, 0.2) is 6.61 Å². The van der Waals surface area contributed by atoms with Crippen LogP contribution in [0.2, 0.25) is 0 Å². The SMILES string of the molecule is CSc1ccc(N2CC(C(=O)OCC(=O)NCc3ccccc3OC(F)(F)F)CC2=O)cc1. The van der Waals surface area contributed by atoms with E-state index in [0.29, 0.717) is 5.69 Å². The van der Waals surface area contributed by atoms with E-state index in [1.807, 2.05) is 18.4 Å². The topological polar surface area (TPSA) is 84.9 Å². The Labute approximate surface area is 192 Å². The number of rotatable bonds is 8. The number of anilines is 1. The van der Waals surface area contributed by atoms with Crippen molar-refractivity contribution in [2.45, 2.75) is 24.2 Å². The first-order valence-corrected chi connectivity index (χ1v) is 11.1. The van der Waals surface area contributed by atoms with Gasteiger partial charge in [0.25, 0.3) is 5.91 Å². The average Bonchev–Trinajstić information content (AvgIpc) is 3.17. The van der Waals surface area contributed by atoms with Crippen LogP contribution in [0.3, 0.4) is 0 Å². The maximum Gasteiger partial charge on any atom is 0.573 e. The van der Waals surface area contributed by atoms with Crippen LogP contribution in [0.5, 0.6) is 5.75 Å². The maximum atomic E-state index is 12.5. The Morgan fingerprint density at radius 1 is 1.15 bits per heavy atom. The maximum absolute atomic E-state index is 12.5. The first-order chi connectivity index (χ1) is 15.7. The van der Waals surface area contributed by atoms with Crippen LogP contribution in [0.4, 0.5) is 18.9 Å². The number of esters is 1. The molecule has 176 valence electrons. The van der Waals surface area contributed by atoms with E-state index < -0.39 is 36.5 Å². The summed E-state index contributed by atoms with van der Waals surface area (Å²) in [5.41, 5.74) is 0.782. The van der Waals surface area contributed by atoms with Gasteiger partial charge in [-0.1, -0.05) is 18.2 Å². The Kier molecular flexibility index (Phi) is 7.85. The summed E-state index contributed by atoms with van der Waals surface area (Å²) in [5, 5.41) is 2.38. The van der Waals surface area contributed by atoms with Crippen LogP contribution >= 0.6 is 11.8 Å². The van der Waals surface area contributed by atoms with E-state index in [2.05, 4.69) is 10.1 Å². The van der Waals surface area contributed by atoms with Gasteiger partial charge in [-0.2, -0.15) is 0 Å². The van der Waals surface area contributed by atoms with Crippen LogP contribution < -0.4 is 15.0 Å². The van der Waals surface area contributed by atoms with Crippen molar-refractivity contribution in [2.75, 3.05) is 24.3 Å². The van der Waals surface area contributed by atoms with Crippen molar-refractivity contribution >= 4 is 35.2 Å². The van der Waals surface area contributed by atoms with Gasteiger partial charge in [0.1, 0.15) is 5.75 Å². The summed E-state index contributed by atoms with van der Waals surface area (Å²) in [7, 11) is 0. The molecule has 11 heteroatoms. The van der Waals surface area contributed by atoms with Crippen molar-refractivity contribution in [3.63, 3.8) is 0 Å². The fourth-order valence-electron chi connectivity index (χ4n) is 3.25. The predicted molar refractivity (Wildman–Crippen MR) is 115 cm³/mol. The smallest absolute Gasteiger partial charge is 0.455 e. The summed E-state index contributed by atoms with van der Waals surface area (Å²) >= 11 is 1.57. The van der Waals surface area contributed by atoms with Gasteiger partial charge in [-0.25, -0.2) is 0 Å². The van der Waals surface area contributed by atoms with Crippen LogP contribution in [-0.2, 0) is 25.7 Å². The zero-order valence-electron chi connectivity index (χ0n) is 17.6. The number of hydrogen-bond donors (Lipinski definition) is 1. The number of carbonyl (C=O) groups excluding carboxylic acids is 3. The fourth-order valence-corrected chi connectivity index (χ4v) is 3.66. The highest BCUT2D eigenvalue weighted by molar-refractivity contribution is 7.98. The fraction of sp³-hybridized carbons (Fsp3) is 0.318. The molecule has 1 saturated heterocycles. The molecule has 1 atom stereocenters. The van der Waals surface area contributed by atoms with Crippen molar-refractivity contribution in [3.8, 4) is 5.75 Å². The van der Waals surface area contributed by atoms with Gasteiger partial charge in [0.05, 0.1) is 5.92 Å². The van der Waals surface area contributed by atoms with Gasteiger partial charge in [0, 0.05) is 35.7 Å². The van der Waals surface area contributed by atoms with Crippen LogP contribution in [0.15, 0.2) is 53.4 Å². The second kappa shape index (κ2) is 10.6. The van der Waals surface area contributed by atoms with E-state index in [0.717, 1.165) is 11.0 Å². The molecular weight excluding hydrogens is 461 g/mol. The molecule has 33 heavy (non-hydrogen) atoms. The molecule has 2 aromatic carbocycles. The van der Waals surface area contributed by atoms with E-state index in [1.165, 1.54) is 23.1 Å². The standard InChI is InChI=1S/C22H21F3N2O5S/c1-33-17-8-6-16(7-9-17)27-12-15(10-20(27)29)21(30)31-13-19(28)26-11-14-4-2-3-5-18(14)32-22(23,24)25/h2-9,15H,10-13H2,1H3,(H,26,28). The number of benzene rings is 2. The summed E-state index contributed by atoms with van der Waals surface area (Å²) in [6.07, 6.45) is -2.96. The first kappa shape index (κ1) is 24.4. The lowest BCUT2D eigenvalue weighted by Gasteiger charge is -2.17. The van der Waals surface area contributed by atoms with Gasteiger partial charge >= 0.3 is 12.3 Å². The molecule has 3 rings (SSSR count). The summed E-state index contributed by atoms with van der Waals surface area (Å²) in [6.45, 7) is -0.724. The number of carbonyl (C=O) groups is 3. The number of ether oxygens (including phenoxy) is 2. The molecule has 1 N–H and O–H groups in total. The number of para-hydroxylation sites is 1. The second-order valence-electron chi connectivity index (χ2n) is 7.14. The summed E-state index contributed by atoms with van der Waals surface area (Å²) < 4.78 is 46.4. The molecule has 1 aliphatic rings. The molecule has 7 nitrogen and oxygen atoms in total. The van der Waals surface area contributed by atoms with Crippen LogP contribution in [-0.4, -0.2) is 43.6 Å². The van der Waals surface area contributed by atoms with Crippen molar-refractivity contribution in [2.24, 2.45) is 5.92 Å². The number of hydrogen-bond acceptors (Lipinski definition) is 6. The molecule has 0 aromatic heterocycles. The van der Waals surface area contributed by atoms with Crippen LogP contribution in [0.1, 0.15) is 12.0 Å². The van der Waals surface area contributed by atoms with Gasteiger partial charge in [-0.05, 0) is 36.6 Å². The lowest BCUT2D eigenvalue weighted by molar-refractivity contribution is -0.274. The highest BCUT2D eigenvalue weighted by atomic mass is 32.2. The Bertz CT molecular complexity index is 1010. The molecule has 0 aliphatic carbocycles. The number of nitrogens with one attached hydrogen (secondary N) is 1. The molecule has 2 aromatic rings. The summed E-state index contributed by atoms with van der Waals surface area (Å²) in [4.78, 5) is 39.2. The van der Waals surface area contributed by atoms with Gasteiger partial charge in [-0.3, -0.25) is 14.4 Å². The summed E-state index contributed by atoms with van der Waals surface area (Å²) in [5.74, 6) is -2.76. The minimum Gasteiger partial charge on any atom is -0.455 e. The second-order valence-corrected chi connectivity index (χ2v) is 8.02. The van der Waals surface area contributed by atoms with Crippen molar-refractivity contribution < 1.29 is 37.0 Å². The largest absolute Gasteiger partial charge is 0.573 e. The molecule has 1 aliphatic heterocycles. The number of amides is 2. The molecule has 2 amide bonds. The molecule has 1 heterocycles. The van der Waals surface area contributed by atoms with E-state index in [9.17, 15) is 27.6 Å². The lowest BCUT2D eigenvalue weighted by atomic mass is 10.1. The number of thioether (sulfide) groups is 1. The number of nitrogens with zero attached hydrogens (tertiary/aromatic N) is 1. The van der Waals surface area contributed by atoms with Crippen molar-refractivity contribution in [1.82, 2.24) is 5.32 Å². The molecule has 0 radical (unpaired) electrons. The number of alkyl halides is 3. The third kappa shape index (κ3) is 6.88. The predicted octanol–water partition coefficient (Wildman–Crippen LogP) is 3.52. The van der Waals surface area contributed by atoms with Crippen LogP contribution in [0, 0.1) is 5.92 Å². The normalized spacial score (nSPS) is 15.9. The monoisotopic (exact) mass is 482 g/mol. The van der Waals surface area contributed by atoms with E-state index in [-0.39, 0.29) is 31.0 Å². The molecule has 1 unspecified atom stereocenters. The van der Waals surface area contributed by atoms with E-state index >= 15 is 0 Å². The average molecular weight is 482 g/mol. The first-order valence-electron chi connectivity index (χ1n) is 9.87. The Balaban J connectivity index is 1.48. The molecule has 1 fully saturated rings. The minimum atomic E-state index is -4.86. The quantitative estimate of drug-likeness (QED) is 0.458. The van der Waals surface area contributed by atoms with Gasteiger partial charge in [-0.15, -0.1) is 24.9 Å². The number of halogens is 3. The van der Waals surface area contributed by atoms with Crippen LogP contribution in [0.25, 0.3) is 0 Å². The Hall–Kier alpha value is -3.21. The highest BCUT2D eigenvalue weighted by Crippen LogP contribution is 2.28. The summed E-state index contributed by atoms with van der Waals surface area (Å²) in [6, 6.07) is 12.7. The third-order valence-electron chi connectivity index (χ3n) is 4.86. The van der Waals surface area contributed by atoms with Crippen molar-refractivity contribution in [3.05, 3.63) is 54.1 Å². The lowest BCUT2D eigenvalue weighted by Crippen LogP contribution is -2.31. The molecule has 0 saturated carbocycles. The molecular formula is C22H21F3N2O5S. The Morgan fingerprint density at radius 3 is 2.52 bits per heavy atom. The molecule has 0 bridgehead atoms. The van der Waals surface area contributed by atoms with Gasteiger partial charge < -0.3 is 19.7 Å². The van der Waals surface area contributed by atoms with E-state index in [1.54, 1.807) is 23.9 Å². The Morgan fingerprint density at radius 2 is 1.85 bits per heavy atom.